The molecule has 0 saturated heterocycles. The van der Waals surface area contributed by atoms with E-state index < -0.39 is 17.6 Å². The van der Waals surface area contributed by atoms with Gasteiger partial charge in [-0.3, -0.25) is 10.1 Å². The van der Waals surface area contributed by atoms with E-state index in [1.807, 2.05) is 0 Å². The van der Waals surface area contributed by atoms with Crippen LogP contribution in [0.25, 0.3) is 20.9 Å². The summed E-state index contributed by atoms with van der Waals surface area (Å²) in [6, 6.07) is 5.82. The molecule has 4 aromatic rings. The highest BCUT2D eigenvalue weighted by Crippen LogP contribution is 2.40. The van der Waals surface area contributed by atoms with Gasteiger partial charge in [0.15, 0.2) is 16.5 Å². The molecule has 1 N–H and O–H groups in total. The van der Waals surface area contributed by atoms with Crippen LogP contribution in [0, 0.1) is 6.92 Å². The van der Waals surface area contributed by atoms with Crippen molar-refractivity contribution in [1.29, 1.82) is 0 Å². The molecule has 0 radical (unpaired) electrons. The third kappa shape index (κ3) is 3.43. The molecule has 0 aliphatic heterocycles. The number of thiazole rings is 1. The smallest absolute Gasteiger partial charge is 0.361 e. The molecular formula is C16H9F3N4O2S2. The van der Waals surface area contributed by atoms with E-state index in [-0.39, 0.29) is 26.9 Å². The maximum atomic E-state index is 13.5. The van der Waals surface area contributed by atoms with E-state index >= 15 is 0 Å². The van der Waals surface area contributed by atoms with Crippen LogP contribution in [0.1, 0.15) is 21.8 Å². The first-order valence-electron chi connectivity index (χ1n) is 7.48. The van der Waals surface area contributed by atoms with Crippen LogP contribution in [-0.4, -0.2) is 21.0 Å². The van der Waals surface area contributed by atoms with E-state index in [4.69, 9.17) is 4.52 Å². The Hall–Kier alpha value is -2.79. The van der Waals surface area contributed by atoms with Gasteiger partial charge in [-0.1, -0.05) is 22.6 Å². The van der Waals surface area contributed by atoms with Gasteiger partial charge in [-0.25, -0.2) is 4.98 Å². The molecule has 27 heavy (non-hydrogen) atoms. The lowest BCUT2D eigenvalue weighted by atomic mass is 10.2. The van der Waals surface area contributed by atoms with Gasteiger partial charge in [-0.2, -0.15) is 18.2 Å². The summed E-state index contributed by atoms with van der Waals surface area (Å²) in [5.74, 6) is -0.191. The number of rotatable bonds is 3. The van der Waals surface area contributed by atoms with Crippen molar-refractivity contribution >= 4 is 44.1 Å². The van der Waals surface area contributed by atoms with Gasteiger partial charge >= 0.3 is 6.18 Å². The van der Waals surface area contributed by atoms with Gasteiger partial charge in [0.2, 0.25) is 0 Å². The molecule has 0 aliphatic rings. The van der Waals surface area contributed by atoms with Gasteiger partial charge in [-0.05, 0) is 24.4 Å². The predicted molar refractivity (Wildman–Crippen MR) is 94.9 cm³/mol. The number of nitrogens with zero attached hydrogens (tertiary/aromatic N) is 3. The Bertz CT molecular complexity index is 1130. The summed E-state index contributed by atoms with van der Waals surface area (Å²) in [5.41, 5.74) is -0.730. The lowest BCUT2D eigenvalue weighted by molar-refractivity contribution is -0.136. The molecule has 0 unspecified atom stereocenters. The fourth-order valence-electron chi connectivity index (χ4n) is 2.36. The summed E-state index contributed by atoms with van der Waals surface area (Å²) >= 11 is 1.98. The van der Waals surface area contributed by atoms with Crippen molar-refractivity contribution in [2.24, 2.45) is 0 Å². The highest BCUT2D eigenvalue weighted by atomic mass is 32.1. The summed E-state index contributed by atoms with van der Waals surface area (Å²) in [7, 11) is 0. The molecule has 4 aromatic heterocycles. The number of pyridine rings is 1. The predicted octanol–water partition coefficient (Wildman–Crippen LogP) is 4.99. The van der Waals surface area contributed by atoms with E-state index in [1.165, 1.54) is 17.4 Å². The van der Waals surface area contributed by atoms with Crippen molar-refractivity contribution < 1.29 is 22.5 Å². The van der Waals surface area contributed by atoms with Crippen molar-refractivity contribution in [3.63, 3.8) is 0 Å². The molecule has 0 atom stereocenters. The summed E-state index contributed by atoms with van der Waals surface area (Å²) < 4.78 is 45.2. The number of amides is 1. The molecule has 0 spiro atoms. The molecule has 138 valence electrons. The van der Waals surface area contributed by atoms with Gasteiger partial charge < -0.3 is 4.52 Å². The third-order valence-corrected chi connectivity index (χ3v) is 5.41. The van der Waals surface area contributed by atoms with Crippen molar-refractivity contribution in [2.75, 3.05) is 5.32 Å². The highest BCUT2D eigenvalue weighted by molar-refractivity contribution is 7.22. The van der Waals surface area contributed by atoms with Crippen LogP contribution in [0.2, 0.25) is 0 Å². The molecule has 0 saturated carbocycles. The number of hydrogen-bond donors (Lipinski definition) is 1. The number of fused-ring (bicyclic) bond motifs is 1. The Kier molecular flexibility index (Phi) is 4.19. The van der Waals surface area contributed by atoms with Crippen molar-refractivity contribution in [3.8, 4) is 10.6 Å². The molecule has 6 nitrogen and oxygen atoms in total. The standard InChI is InChI=1S/C16H9F3N4O2S2/c1-7-5-10(23-25-7)14(24)22-15-21-13-12(27-15)8(16(17,18)19)6-9(20-13)11-3-2-4-26-11/h2-6H,1H3,(H,20,21,22,24). The van der Waals surface area contributed by atoms with Gasteiger partial charge in [-0.15, -0.1) is 11.3 Å². The largest absolute Gasteiger partial charge is 0.417 e. The number of halogens is 3. The Balaban J connectivity index is 1.77. The van der Waals surface area contributed by atoms with Crippen LogP contribution in [0.15, 0.2) is 34.2 Å². The average Bonchev–Trinajstić information content (AvgIpc) is 3.32. The number of nitrogens with one attached hydrogen (secondary N) is 1. The minimum absolute atomic E-state index is 0.00279. The number of thiophene rings is 1. The van der Waals surface area contributed by atoms with Gasteiger partial charge in [0, 0.05) is 6.07 Å². The van der Waals surface area contributed by atoms with Crippen LogP contribution >= 0.6 is 22.7 Å². The topological polar surface area (TPSA) is 80.9 Å². The second kappa shape index (κ2) is 6.43. The monoisotopic (exact) mass is 410 g/mol. The van der Waals surface area contributed by atoms with Crippen molar-refractivity contribution in [3.05, 3.63) is 46.7 Å². The zero-order chi connectivity index (χ0) is 19.2. The lowest BCUT2D eigenvalue weighted by Crippen LogP contribution is -2.11. The zero-order valence-electron chi connectivity index (χ0n) is 13.5. The second-order valence-electron chi connectivity index (χ2n) is 5.48. The summed E-state index contributed by atoms with van der Waals surface area (Å²) in [6.07, 6.45) is -4.58. The number of hydrogen-bond acceptors (Lipinski definition) is 7. The Morgan fingerprint density at radius 1 is 1.26 bits per heavy atom. The summed E-state index contributed by atoms with van der Waals surface area (Å²) in [5, 5.41) is 7.75. The number of alkyl halides is 3. The van der Waals surface area contributed by atoms with Gasteiger partial charge in [0.25, 0.3) is 5.91 Å². The SMILES string of the molecule is Cc1cc(C(=O)Nc2nc3nc(-c4cccs4)cc(C(F)(F)F)c3s2)no1. The quantitative estimate of drug-likeness (QED) is 0.515. The number of aromatic nitrogens is 3. The first kappa shape index (κ1) is 17.6. The number of anilines is 1. The molecule has 4 heterocycles. The van der Waals surface area contributed by atoms with Gasteiger partial charge in [0.05, 0.1) is 20.8 Å². The van der Waals surface area contributed by atoms with E-state index in [0.717, 1.165) is 6.07 Å². The summed E-state index contributed by atoms with van der Waals surface area (Å²) in [6.45, 7) is 1.62. The molecule has 0 aromatic carbocycles. The molecular weight excluding hydrogens is 401 g/mol. The van der Waals surface area contributed by atoms with Crippen molar-refractivity contribution in [1.82, 2.24) is 15.1 Å². The molecule has 11 heteroatoms. The second-order valence-corrected chi connectivity index (χ2v) is 7.43. The van der Waals surface area contributed by atoms with Crippen LogP contribution in [0.5, 0.6) is 0 Å². The first-order valence-corrected chi connectivity index (χ1v) is 9.18. The Labute approximate surface area is 157 Å². The zero-order valence-corrected chi connectivity index (χ0v) is 15.1. The summed E-state index contributed by atoms with van der Waals surface area (Å²) in [4.78, 5) is 21.0. The van der Waals surface area contributed by atoms with E-state index in [0.29, 0.717) is 22.0 Å². The maximum absolute atomic E-state index is 13.5. The Morgan fingerprint density at radius 3 is 2.70 bits per heavy atom. The maximum Gasteiger partial charge on any atom is 0.417 e. The van der Waals surface area contributed by atoms with Crippen LogP contribution in [0.3, 0.4) is 0 Å². The number of carbonyl (C=O) groups excluding carboxylic acids is 1. The highest BCUT2D eigenvalue weighted by Gasteiger charge is 2.35. The van der Waals surface area contributed by atoms with Crippen LogP contribution < -0.4 is 5.32 Å². The fourth-order valence-corrected chi connectivity index (χ4v) is 3.98. The normalized spacial score (nSPS) is 11.9. The number of aryl methyl sites for hydroxylation is 1. The van der Waals surface area contributed by atoms with Crippen molar-refractivity contribution in [2.45, 2.75) is 13.1 Å². The van der Waals surface area contributed by atoms with E-state index in [9.17, 15) is 18.0 Å². The molecule has 1 amide bonds. The average molecular weight is 410 g/mol. The van der Waals surface area contributed by atoms with Crippen LogP contribution in [-0.2, 0) is 6.18 Å². The molecule has 0 bridgehead atoms. The first-order chi connectivity index (χ1) is 12.8. The van der Waals surface area contributed by atoms with E-state index in [2.05, 4.69) is 20.4 Å². The molecule has 4 rings (SSSR count). The fraction of sp³-hybridized carbons (Fsp3) is 0.125. The molecule has 0 aliphatic carbocycles. The third-order valence-electron chi connectivity index (χ3n) is 3.52. The van der Waals surface area contributed by atoms with Crippen LogP contribution in [0.4, 0.5) is 18.3 Å². The van der Waals surface area contributed by atoms with E-state index in [1.54, 1.807) is 24.4 Å². The minimum Gasteiger partial charge on any atom is -0.361 e. The molecule has 0 fully saturated rings. The minimum atomic E-state index is -4.58. The lowest BCUT2D eigenvalue weighted by Gasteiger charge is -2.08. The Morgan fingerprint density at radius 2 is 2.07 bits per heavy atom. The van der Waals surface area contributed by atoms with Gasteiger partial charge in [0.1, 0.15) is 5.76 Å². The number of carbonyl (C=O) groups is 1.